The molecule has 0 radical (unpaired) electrons. The van der Waals surface area contributed by atoms with Gasteiger partial charge in [0, 0.05) is 23.5 Å². The van der Waals surface area contributed by atoms with E-state index in [1.165, 1.54) is 11.8 Å². The molecule has 11 nitrogen and oxygen atoms in total. The van der Waals surface area contributed by atoms with Crippen LogP contribution in [0.25, 0.3) is 10.9 Å². The van der Waals surface area contributed by atoms with Crippen molar-refractivity contribution in [3.63, 3.8) is 0 Å². The van der Waals surface area contributed by atoms with Crippen molar-refractivity contribution in [2.45, 2.75) is 76.5 Å². The van der Waals surface area contributed by atoms with Crippen molar-refractivity contribution in [3.05, 3.63) is 36.0 Å². The number of benzene rings is 1. The van der Waals surface area contributed by atoms with Crippen LogP contribution in [0.5, 0.6) is 0 Å². The van der Waals surface area contributed by atoms with Crippen molar-refractivity contribution >= 4 is 46.4 Å². The number of hydrogen-bond acceptors (Lipinski definition) is 7. The Bertz CT molecular complexity index is 1130. The van der Waals surface area contributed by atoms with E-state index in [2.05, 4.69) is 20.9 Å². The number of unbranched alkanes of at least 4 members (excludes halogenated alkanes) is 1. The van der Waals surface area contributed by atoms with Gasteiger partial charge in [0.2, 0.25) is 17.7 Å². The highest BCUT2D eigenvalue weighted by Gasteiger charge is 2.33. The number of aromatic nitrogens is 1. The zero-order valence-corrected chi connectivity index (χ0v) is 24.4. The van der Waals surface area contributed by atoms with Gasteiger partial charge in [-0.05, 0) is 55.4 Å². The minimum Gasteiger partial charge on any atom is -0.480 e. The molecule has 0 aliphatic rings. The molecular formula is C28H44N6O5S. The molecule has 5 atom stereocenters. The maximum absolute atomic E-state index is 13.4. The second kappa shape index (κ2) is 16.9. The van der Waals surface area contributed by atoms with Gasteiger partial charge in [0.1, 0.15) is 18.1 Å². The molecule has 2 rings (SSSR count). The third-order valence-electron chi connectivity index (χ3n) is 7.06. The van der Waals surface area contributed by atoms with Crippen molar-refractivity contribution in [2.75, 3.05) is 18.6 Å². The highest BCUT2D eigenvalue weighted by Crippen LogP contribution is 2.19. The topological polar surface area (TPSA) is 192 Å². The van der Waals surface area contributed by atoms with Gasteiger partial charge in [-0.1, -0.05) is 44.9 Å². The minimum absolute atomic E-state index is 0.0701. The first-order valence-corrected chi connectivity index (χ1v) is 15.2. The minimum atomic E-state index is -1.20. The van der Waals surface area contributed by atoms with Gasteiger partial charge in [-0.3, -0.25) is 14.4 Å². The number of fused-ring (bicyclic) bond motifs is 1. The molecule has 1 heterocycles. The van der Waals surface area contributed by atoms with E-state index in [4.69, 9.17) is 11.5 Å². The summed E-state index contributed by atoms with van der Waals surface area (Å²) in [5.74, 6) is -2.41. The Labute approximate surface area is 240 Å². The van der Waals surface area contributed by atoms with Crippen LogP contribution in [-0.4, -0.2) is 76.5 Å². The SMILES string of the molecule is CCC(C)C(NC(=O)C(CCSC)NC(=O)C(N)CCCCN)C(=O)NC(Cc1c[nH]c2ccccc12)C(=O)O. The Morgan fingerprint density at radius 3 is 2.35 bits per heavy atom. The Morgan fingerprint density at radius 1 is 1.00 bits per heavy atom. The smallest absolute Gasteiger partial charge is 0.326 e. The van der Waals surface area contributed by atoms with Gasteiger partial charge in [-0.25, -0.2) is 4.79 Å². The van der Waals surface area contributed by atoms with Crippen molar-refractivity contribution in [3.8, 4) is 0 Å². The van der Waals surface area contributed by atoms with Crippen LogP contribution in [0.3, 0.4) is 0 Å². The first-order chi connectivity index (χ1) is 19.1. The Hall–Kier alpha value is -3.09. The number of carboxylic acid groups (broad SMARTS) is 1. The third kappa shape index (κ3) is 9.83. The van der Waals surface area contributed by atoms with Crippen LogP contribution in [0.4, 0.5) is 0 Å². The fourth-order valence-electron chi connectivity index (χ4n) is 4.36. The molecule has 12 heteroatoms. The molecule has 9 N–H and O–H groups in total. The summed E-state index contributed by atoms with van der Waals surface area (Å²) in [4.78, 5) is 54.6. The van der Waals surface area contributed by atoms with Crippen molar-refractivity contribution < 1.29 is 24.3 Å². The number of nitrogens with two attached hydrogens (primary N) is 2. The molecular weight excluding hydrogens is 532 g/mol. The molecule has 0 aliphatic carbocycles. The predicted octanol–water partition coefficient (Wildman–Crippen LogP) is 1.50. The summed E-state index contributed by atoms with van der Waals surface area (Å²) < 4.78 is 0. The lowest BCUT2D eigenvalue weighted by Gasteiger charge is -2.28. The molecule has 0 spiro atoms. The molecule has 1 aromatic carbocycles. The van der Waals surface area contributed by atoms with Crippen LogP contribution in [0.1, 0.15) is 51.5 Å². The fourth-order valence-corrected chi connectivity index (χ4v) is 4.83. The fraction of sp³-hybridized carbons (Fsp3) is 0.571. The average molecular weight is 577 g/mol. The van der Waals surface area contributed by atoms with E-state index in [0.29, 0.717) is 38.0 Å². The van der Waals surface area contributed by atoms with Gasteiger partial charge in [-0.2, -0.15) is 11.8 Å². The van der Waals surface area contributed by atoms with Gasteiger partial charge >= 0.3 is 5.97 Å². The summed E-state index contributed by atoms with van der Waals surface area (Å²) in [6.07, 6.45) is 6.51. The predicted molar refractivity (Wildman–Crippen MR) is 159 cm³/mol. The van der Waals surface area contributed by atoms with E-state index in [1.54, 1.807) is 6.20 Å². The largest absolute Gasteiger partial charge is 0.480 e. The molecule has 0 saturated carbocycles. The average Bonchev–Trinajstić information content (AvgIpc) is 3.35. The molecule has 1 aromatic heterocycles. The Balaban J connectivity index is 2.15. The van der Waals surface area contributed by atoms with E-state index >= 15 is 0 Å². The van der Waals surface area contributed by atoms with E-state index < -0.39 is 47.9 Å². The van der Waals surface area contributed by atoms with Gasteiger partial charge in [0.15, 0.2) is 0 Å². The van der Waals surface area contributed by atoms with Crippen LogP contribution in [-0.2, 0) is 25.6 Å². The summed E-state index contributed by atoms with van der Waals surface area (Å²) in [7, 11) is 0. The monoisotopic (exact) mass is 576 g/mol. The van der Waals surface area contributed by atoms with Crippen LogP contribution >= 0.6 is 11.8 Å². The van der Waals surface area contributed by atoms with Crippen molar-refractivity contribution in [2.24, 2.45) is 17.4 Å². The Kier molecular flexibility index (Phi) is 14.0. The van der Waals surface area contributed by atoms with Gasteiger partial charge in [-0.15, -0.1) is 0 Å². The molecule has 0 aliphatic heterocycles. The van der Waals surface area contributed by atoms with Crippen LogP contribution in [0.15, 0.2) is 30.5 Å². The lowest BCUT2D eigenvalue weighted by Crippen LogP contribution is -2.59. The summed E-state index contributed by atoms with van der Waals surface area (Å²) in [6.45, 7) is 4.20. The summed E-state index contributed by atoms with van der Waals surface area (Å²) in [5.41, 5.74) is 13.2. The number of aromatic amines is 1. The lowest BCUT2D eigenvalue weighted by atomic mass is 9.96. The van der Waals surface area contributed by atoms with Crippen LogP contribution in [0.2, 0.25) is 0 Å². The zero-order chi connectivity index (χ0) is 29.7. The second-order valence-corrected chi connectivity index (χ2v) is 11.1. The van der Waals surface area contributed by atoms with Gasteiger partial charge < -0.3 is 37.5 Å². The molecule has 0 fully saturated rings. The summed E-state index contributed by atoms with van der Waals surface area (Å²) in [5, 5.41) is 18.9. The highest BCUT2D eigenvalue weighted by atomic mass is 32.2. The van der Waals surface area contributed by atoms with Gasteiger partial charge in [0.05, 0.1) is 6.04 Å². The standard InChI is InChI=1S/C28H44N6O5S/c1-4-17(2)24(34-26(36)22(12-14-40-3)32-25(35)20(30)10-7-8-13-29)27(37)33-23(28(38)39)15-18-16-31-21-11-6-5-9-19(18)21/h5-6,9,11,16-17,20,22-24,31H,4,7-8,10,12-15,29-30H2,1-3H3,(H,32,35)(H,33,37)(H,34,36)(H,38,39). The quantitative estimate of drug-likeness (QED) is 0.130. The van der Waals surface area contributed by atoms with E-state index in [0.717, 1.165) is 22.9 Å². The highest BCUT2D eigenvalue weighted by molar-refractivity contribution is 7.98. The number of carbonyl (C=O) groups excluding carboxylic acids is 3. The third-order valence-corrected chi connectivity index (χ3v) is 7.70. The number of carboxylic acids is 1. The number of H-pyrrole nitrogens is 1. The first kappa shape index (κ1) is 33.1. The molecule has 0 bridgehead atoms. The normalized spacial score (nSPS) is 15.0. The van der Waals surface area contributed by atoms with Crippen molar-refractivity contribution in [1.82, 2.24) is 20.9 Å². The van der Waals surface area contributed by atoms with Crippen molar-refractivity contribution in [1.29, 1.82) is 0 Å². The van der Waals surface area contributed by atoms with E-state index in [1.807, 2.05) is 44.4 Å². The number of hydrogen-bond donors (Lipinski definition) is 7. The molecule has 222 valence electrons. The molecule has 0 saturated heterocycles. The molecule has 3 amide bonds. The number of carbonyl (C=O) groups is 4. The summed E-state index contributed by atoms with van der Waals surface area (Å²) >= 11 is 1.53. The maximum Gasteiger partial charge on any atom is 0.326 e. The van der Waals surface area contributed by atoms with Crippen LogP contribution < -0.4 is 27.4 Å². The first-order valence-electron chi connectivity index (χ1n) is 13.8. The molecule has 2 aromatic rings. The maximum atomic E-state index is 13.4. The zero-order valence-electron chi connectivity index (χ0n) is 23.6. The van der Waals surface area contributed by atoms with Gasteiger partial charge in [0.25, 0.3) is 0 Å². The number of para-hydroxylation sites is 1. The van der Waals surface area contributed by atoms with E-state index in [-0.39, 0.29) is 12.3 Å². The number of thioether (sulfide) groups is 1. The second-order valence-electron chi connectivity index (χ2n) is 10.1. The van der Waals surface area contributed by atoms with Crippen LogP contribution in [0, 0.1) is 5.92 Å². The number of aliphatic carboxylic acids is 1. The number of amides is 3. The number of nitrogens with one attached hydrogen (secondary N) is 4. The Morgan fingerprint density at radius 2 is 1.70 bits per heavy atom. The summed E-state index contributed by atoms with van der Waals surface area (Å²) in [6, 6.07) is 3.66. The number of rotatable bonds is 18. The molecule has 40 heavy (non-hydrogen) atoms. The molecule has 5 unspecified atom stereocenters. The lowest BCUT2D eigenvalue weighted by molar-refractivity contribution is -0.142. The van der Waals surface area contributed by atoms with E-state index in [9.17, 15) is 24.3 Å².